The number of hydrogen-bond donors (Lipinski definition) is 2. The smallest absolute Gasteiger partial charge is 0.313 e. The molecule has 0 radical (unpaired) electrons. The Morgan fingerprint density at radius 1 is 1.29 bits per heavy atom. The Hall–Kier alpha value is -0.830. The zero-order valence-electron chi connectivity index (χ0n) is 11.3. The third-order valence-electron chi connectivity index (χ3n) is 2.50. The average molecular weight is 345 g/mol. The highest BCUT2D eigenvalue weighted by atomic mass is 35.5. The summed E-state index contributed by atoms with van der Waals surface area (Å²) >= 11 is 5.77. The van der Waals surface area contributed by atoms with Gasteiger partial charge in [0.25, 0.3) is 0 Å². The van der Waals surface area contributed by atoms with Gasteiger partial charge in [-0.05, 0) is 30.7 Å². The molecule has 0 aliphatic carbocycles. The summed E-state index contributed by atoms with van der Waals surface area (Å²) in [6.07, 6.45) is -3.72. The van der Waals surface area contributed by atoms with Gasteiger partial charge in [0.1, 0.15) is 11.4 Å². The zero-order valence-corrected chi connectivity index (χ0v) is 12.9. The molecule has 0 saturated heterocycles. The Morgan fingerprint density at radius 3 is 2.52 bits per heavy atom. The Morgan fingerprint density at radius 2 is 1.95 bits per heavy atom. The van der Waals surface area contributed by atoms with E-state index in [-0.39, 0.29) is 9.92 Å². The van der Waals surface area contributed by atoms with Crippen molar-refractivity contribution in [2.75, 3.05) is 13.1 Å². The maximum atomic E-state index is 12.1. The van der Waals surface area contributed by atoms with E-state index in [1.54, 1.807) is 6.07 Å². The van der Waals surface area contributed by atoms with Gasteiger partial charge in [0, 0.05) is 6.54 Å². The lowest BCUT2D eigenvalue weighted by molar-refractivity contribution is -0.121. The van der Waals surface area contributed by atoms with Crippen LogP contribution in [0.15, 0.2) is 23.1 Å². The van der Waals surface area contributed by atoms with Crippen LogP contribution in [0.1, 0.15) is 18.9 Å². The molecule has 21 heavy (non-hydrogen) atoms. The van der Waals surface area contributed by atoms with Crippen LogP contribution in [0.2, 0.25) is 5.02 Å². The van der Waals surface area contributed by atoms with E-state index < -0.39 is 22.7 Å². The lowest BCUT2D eigenvalue weighted by Crippen LogP contribution is -2.34. The van der Waals surface area contributed by atoms with Gasteiger partial charge in [-0.2, -0.15) is 13.2 Å². The van der Waals surface area contributed by atoms with E-state index in [1.807, 2.05) is 6.92 Å². The van der Waals surface area contributed by atoms with Crippen molar-refractivity contribution in [3.8, 4) is 0 Å². The second kappa shape index (κ2) is 7.44. The highest BCUT2D eigenvalue weighted by Crippen LogP contribution is 2.23. The summed E-state index contributed by atoms with van der Waals surface area (Å²) in [5.41, 5.74) is 0.625. The van der Waals surface area contributed by atoms with Crippen molar-refractivity contribution in [2.24, 2.45) is 0 Å². The van der Waals surface area contributed by atoms with Crippen LogP contribution in [0.25, 0.3) is 0 Å². The van der Waals surface area contributed by atoms with Crippen molar-refractivity contribution in [1.82, 2.24) is 10.0 Å². The molecular weight excluding hydrogens is 329 g/mol. The minimum absolute atomic E-state index is 0.121. The van der Waals surface area contributed by atoms with Crippen LogP contribution in [-0.2, 0) is 16.6 Å². The maximum absolute atomic E-state index is 12.1. The lowest BCUT2D eigenvalue weighted by Gasteiger charge is -2.12. The molecule has 0 aliphatic rings. The van der Waals surface area contributed by atoms with Crippen molar-refractivity contribution in [2.45, 2.75) is 31.0 Å². The van der Waals surface area contributed by atoms with Gasteiger partial charge < -0.3 is 5.32 Å². The number of rotatable bonds is 7. The quantitative estimate of drug-likeness (QED) is 0.748. The largest absolute Gasteiger partial charge is 0.402 e. The standard InChI is InChI=1S/C12H16ClF3N2O2S/c1-2-5-17-7-9-3-4-10(13)11(6-9)21(19,20)18-8-12(14,15)16/h3-4,6,17-18H,2,5,7-8H2,1H3. The molecule has 1 rings (SSSR count). The minimum atomic E-state index is -4.63. The van der Waals surface area contributed by atoms with Crippen molar-refractivity contribution >= 4 is 21.6 Å². The van der Waals surface area contributed by atoms with Crippen LogP contribution in [-0.4, -0.2) is 27.7 Å². The minimum Gasteiger partial charge on any atom is -0.313 e. The fraction of sp³-hybridized carbons (Fsp3) is 0.500. The molecule has 0 aromatic heterocycles. The van der Waals surface area contributed by atoms with Crippen LogP contribution >= 0.6 is 11.6 Å². The molecule has 9 heteroatoms. The van der Waals surface area contributed by atoms with E-state index in [9.17, 15) is 21.6 Å². The predicted octanol–water partition coefficient (Wildman–Crippen LogP) is 2.68. The summed E-state index contributed by atoms with van der Waals surface area (Å²) in [6.45, 7) is 1.50. The summed E-state index contributed by atoms with van der Waals surface area (Å²) in [6, 6.07) is 4.24. The molecule has 1 aromatic carbocycles. The van der Waals surface area contributed by atoms with E-state index in [0.29, 0.717) is 12.1 Å². The normalized spacial score (nSPS) is 12.6. The molecule has 0 fully saturated rings. The SMILES string of the molecule is CCCNCc1ccc(Cl)c(S(=O)(=O)NCC(F)(F)F)c1. The van der Waals surface area contributed by atoms with Crippen molar-refractivity contribution in [3.05, 3.63) is 28.8 Å². The molecule has 0 saturated carbocycles. The number of sulfonamides is 1. The van der Waals surface area contributed by atoms with Gasteiger partial charge in [-0.3, -0.25) is 0 Å². The molecule has 1 aromatic rings. The maximum Gasteiger partial charge on any atom is 0.402 e. The topological polar surface area (TPSA) is 58.2 Å². The summed E-state index contributed by atoms with van der Waals surface area (Å²) in [5.74, 6) is 0. The van der Waals surface area contributed by atoms with Crippen LogP contribution in [0.4, 0.5) is 13.2 Å². The van der Waals surface area contributed by atoms with Crippen LogP contribution in [0, 0.1) is 0 Å². The Bertz CT molecular complexity index is 576. The number of alkyl halides is 3. The molecule has 2 N–H and O–H groups in total. The molecule has 0 amide bonds. The fourth-order valence-corrected chi connectivity index (χ4v) is 3.09. The molecule has 0 bridgehead atoms. The van der Waals surface area contributed by atoms with Gasteiger partial charge in [0.15, 0.2) is 0 Å². The van der Waals surface area contributed by atoms with E-state index in [1.165, 1.54) is 16.9 Å². The second-order valence-corrected chi connectivity index (χ2v) is 6.52. The highest BCUT2D eigenvalue weighted by molar-refractivity contribution is 7.89. The first kappa shape index (κ1) is 18.2. The van der Waals surface area contributed by atoms with Gasteiger partial charge >= 0.3 is 6.18 Å². The first-order valence-corrected chi connectivity index (χ1v) is 8.07. The zero-order chi connectivity index (χ0) is 16.1. The van der Waals surface area contributed by atoms with Crippen LogP contribution in [0.5, 0.6) is 0 Å². The average Bonchev–Trinajstić information content (AvgIpc) is 2.38. The molecule has 0 spiro atoms. The molecule has 0 aliphatic heterocycles. The molecule has 0 heterocycles. The van der Waals surface area contributed by atoms with Crippen LogP contribution in [0.3, 0.4) is 0 Å². The van der Waals surface area contributed by atoms with Gasteiger partial charge in [-0.25, -0.2) is 13.1 Å². The van der Waals surface area contributed by atoms with Gasteiger partial charge in [-0.1, -0.05) is 24.6 Å². The molecular formula is C12H16ClF3N2O2S. The number of benzene rings is 1. The molecule has 0 atom stereocenters. The van der Waals surface area contributed by atoms with E-state index in [0.717, 1.165) is 13.0 Å². The summed E-state index contributed by atoms with van der Waals surface area (Å²) < 4.78 is 61.6. The first-order valence-electron chi connectivity index (χ1n) is 6.21. The third-order valence-corrected chi connectivity index (χ3v) is 4.39. The fourth-order valence-electron chi connectivity index (χ4n) is 1.53. The summed E-state index contributed by atoms with van der Waals surface area (Å²) in [5, 5.41) is 2.95. The van der Waals surface area contributed by atoms with Crippen molar-refractivity contribution < 1.29 is 21.6 Å². The van der Waals surface area contributed by atoms with Crippen LogP contribution < -0.4 is 10.0 Å². The third kappa shape index (κ3) is 6.21. The van der Waals surface area contributed by atoms with E-state index in [2.05, 4.69) is 5.32 Å². The predicted molar refractivity (Wildman–Crippen MR) is 74.7 cm³/mol. The number of nitrogens with one attached hydrogen (secondary N) is 2. The lowest BCUT2D eigenvalue weighted by atomic mass is 10.2. The highest BCUT2D eigenvalue weighted by Gasteiger charge is 2.30. The van der Waals surface area contributed by atoms with Crippen molar-refractivity contribution in [1.29, 1.82) is 0 Å². The van der Waals surface area contributed by atoms with E-state index >= 15 is 0 Å². The summed E-state index contributed by atoms with van der Waals surface area (Å²) in [4.78, 5) is -0.357. The monoisotopic (exact) mass is 344 g/mol. The molecule has 4 nitrogen and oxygen atoms in total. The van der Waals surface area contributed by atoms with Gasteiger partial charge in [-0.15, -0.1) is 0 Å². The Balaban J connectivity index is 2.92. The molecule has 0 unspecified atom stereocenters. The Kier molecular flexibility index (Phi) is 6.45. The van der Waals surface area contributed by atoms with E-state index in [4.69, 9.17) is 11.6 Å². The second-order valence-electron chi connectivity index (χ2n) is 4.38. The van der Waals surface area contributed by atoms with Gasteiger partial charge in [0.05, 0.1) is 5.02 Å². The Labute approximate surface area is 126 Å². The number of hydrogen-bond acceptors (Lipinski definition) is 3. The van der Waals surface area contributed by atoms with Gasteiger partial charge in [0.2, 0.25) is 10.0 Å². The van der Waals surface area contributed by atoms with Crippen molar-refractivity contribution in [3.63, 3.8) is 0 Å². The molecule has 120 valence electrons. The first-order chi connectivity index (χ1) is 9.65. The number of halogens is 4. The summed E-state index contributed by atoms with van der Waals surface area (Å²) in [7, 11) is -4.31.